The zero-order valence-electron chi connectivity index (χ0n) is 29.5. The minimum atomic E-state index is -4.07. The summed E-state index contributed by atoms with van der Waals surface area (Å²) < 4.78 is 62.1. The molecule has 0 aliphatic carbocycles. The number of carbonyl (C=O) groups is 2. The topological polar surface area (TPSA) is 169 Å². The van der Waals surface area contributed by atoms with Gasteiger partial charge in [-0.15, -0.1) is 0 Å². The summed E-state index contributed by atoms with van der Waals surface area (Å²) in [6.45, 7) is 0.393. The Labute approximate surface area is 323 Å². The third kappa shape index (κ3) is 9.42. The number of anilines is 2. The number of urea groups is 2. The molecule has 0 atom stereocenters. The summed E-state index contributed by atoms with van der Waals surface area (Å²) in [5.74, 6) is 0.189. The van der Waals surface area contributed by atoms with E-state index in [2.05, 4.69) is 21.3 Å². The third-order valence-electron chi connectivity index (χ3n) is 8.55. The molecule has 282 valence electrons. The Bertz CT molecular complexity index is 2590. The van der Waals surface area contributed by atoms with Crippen LogP contribution in [0.25, 0.3) is 21.5 Å². The Kier molecular flexibility index (Phi) is 10.8. The van der Waals surface area contributed by atoms with Gasteiger partial charge in [-0.05, 0) is 105 Å². The largest absolute Gasteiger partial charge is 0.379 e. The van der Waals surface area contributed by atoms with Crippen molar-refractivity contribution in [3.05, 3.63) is 169 Å². The summed E-state index contributed by atoms with van der Waals surface area (Å²) in [5, 5.41) is 14.3. The minimum Gasteiger partial charge on any atom is -0.379 e. The molecular weight excluding hydrogens is 753 g/mol. The summed E-state index contributed by atoms with van der Waals surface area (Å²) >= 11 is 0. The maximum absolute atomic E-state index is 12.9. The van der Waals surface area contributed by atoms with Gasteiger partial charge in [-0.3, -0.25) is 0 Å². The van der Waals surface area contributed by atoms with E-state index in [0.29, 0.717) is 11.4 Å². The summed E-state index contributed by atoms with van der Waals surface area (Å²) in [7, 11) is -8.15. The van der Waals surface area contributed by atoms with Gasteiger partial charge in [0.1, 0.15) is 21.3 Å². The van der Waals surface area contributed by atoms with Gasteiger partial charge in [-0.25, -0.2) is 9.59 Å². The number of carbonyl (C=O) groups excluding carboxylic acids is 2. The van der Waals surface area contributed by atoms with E-state index in [0.717, 1.165) is 32.7 Å². The van der Waals surface area contributed by atoms with Crippen molar-refractivity contribution in [2.24, 2.45) is 0 Å². The van der Waals surface area contributed by atoms with E-state index in [9.17, 15) is 26.4 Å². The van der Waals surface area contributed by atoms with E-state index in [1.807, 2.05) is 66.7 Å². The number of hydrogen-bond donors (Lipinski definition) is 4. The van der Waals surface area contributed by atoms with Crippen LogP contribution in [0.3, 0.4) is 0 Å². The van der Waals surface area contributed by atoms with Gasteiger partial charge >= 0.3 is 32.3 Å². The molecule has 0 radical (unpaired) electrons. The van der Waals surface area contributed by atoms with Crippen LogP contribution in [0.4, 0.5) is 21.0 Å². The number of amides is 4. The van der Waals surface area contributed by atoms with Crippen LogP contribution in [0.2, 0.25) is 0 Å². The van der Waals surface area contributed by atoms with Crippen molar-refractivity contribution in [1.82, 2.24) is 10.6 Å². The number of rotatable bonds is 12. The average molecular weight is 787 g/mol. The van der Waals surface area contributed by atoms with Crippen LogP contribution in [0.5, 0.6) is 11.5 Å². The van der Waals surface area contributed by atoms with E-state index in [1.54, 1.807) is 30.3 Å². The number of hydrogen-bond acceptors (Lipinski definition) is 8. The second kappa shape index (κ2) is 16.2. The van der Waals surface area contributed by atoms with E-state index >= 15 is 0 Å². The molecule has 56 heavy (non-hydrogen) atoms. The molecular formula is C42H34N4O8S2. The standard InChI is InChI=1S/C42H34N4O8S2/c47-41(45-35-14-18-37(19-15-35)53-55(49,50)39-22-12-31-8-1-3-10-33(31)25-39)43-27-29-6-5-7-30(24-29)28-44-42(48)46-36-16-20-38(21-17-36)54-56(51,52)40-23-13-32-9-2-4-11-34(32)26-40/h1-26H,27-28H2,(H2,43,45,47)(H2,44,46,48). The van der Waals surface area contributed by atoms with Gasteiger partial charge in [-0.1, -0.05) is 84.9 Å². The Morgan fingerprint density at radius 1 is 0.429 bits per heavy atom. The second-order valence-corrected chi connectivity index (χ2v) is 15.7. The van der Waals surface area contributed by atoms with Crippen molar-refractivity contribution in [1.29, 1.82) is 0 Å². The Morgan fingerprint density at radius 3 is 1.23 bits per heavy atom. The molecule has 4 amide bonds. The van der Waals surface area contributed by atoms with Gasteiger partial charge in [0, 0.05) is 24.5 Å². The number of benzene rings is 7. The Hall–Kier alpha value is -6.90. The molecule has 0 aliphatic heterocycles. The SMILES string of the molecule is O=C(NCc1cccc(CNC(=O)Nc2ccc(OS(=O)(=O)c3ccc4ccccc4c3)cc2)c1)Nc1ccc(OS(=O)(=O)c2ccc3ccccc3c2)cc1. The first-order valence-electron chi connectivity index (χ1n) is 17.2. The molecule has 0 spiro atoms. The second-order valence-electron chi connectivity index (χ2n) is 12.6. The third-order valence-corrected chi connectivity index (χ3v) is 11.0. The molecule has 7 rings (SSSR count). The highest BCUT2D eigenvalue weighted by molar-refractivity contribution is 7.87. The van der Waals surface area contributed by atoms with E-state index < -0.39 is 32.3 Å². The maximum Gasteiger partial charge on any atom is 0.339 e. The summed E-state index contributed by atoms with van der Waals surface area (Å²) in [6, 6.07) is 42.6. The fourth-order valence-corrected chi connectivity index (χ4v) is 7.68. The highest BCUT2D eigenvalue weighted by Gasteiger charge is 2.19. The predicted octanol–water partition coefficient (Wildman–Crippen LogP) is 8.17. The van der Waals surface area contributed by atoms with Gasteiger partial charge in [0.2, 0.25) is 0 Å². The fourth-order valence-electron chi connectivity index (χ4n) is 5.75. The van der Waals surface area contributed by atoms with Crippen molar-refractivity contribution < 1.29 is 34.8 Å². The lowest BCUT2D eigenvalue weighted by molar-refractivity contribution is 0.251. The molecule has 0 unspecified atom stereocenters. The number of fused-ring (bicyclic) bond motifs is 2. The summed E-state index contributed by atoms with van der Waals surface area (Å²) in [6.07, 6.45) is 0. The summed E-state index contributed by atoms with van der Waals surface area (Å²) in [5.41, 5.74) is 2.43. The monoisotopic (exact) mass is 786 g/mol. The zero-order chi connectivity index (χ0) is 39.1. The molecule has 0 aromatic heterocycles. The van der Waals surface area contributed by atoms with Crippen LogP contribution in [-0.2, 0) is 33.3 Å². The fraction of sp³-hybridized carbons (Fsp3) is 0.0476. The van der Waals surface area contributed by atoms with Crippen molar-refractivity contribution in [2.45, 2.75) is 22.9 Å². The van der Waals surface area contributed by atoms with Crippen LogP contribution >= 0.6 is 0 Å². The molecule has 0 bridgehead atoms. The van der Waals surface area contributed by atoms with Crippen LogP contribution in [-0.4, -0.2) is 28.9 Å². The van der Waals surface area contributed by atoms with Crippen LogP contribution < -0.4 is 29.6 Å². The van der Waals surface area contributed by atoms with Crippen LogP contribution in [0.1, 0.15) is 11.1 Å². The Balaban J connectivity index is 0.850. The first-order valence-corrected chi connectivity index (χ1v) is 20.1. The smallest absolute Gasteiger partial charge is 0.339 e. The number of nitrogens with one attached hydrogen (secondary N) is 4. The van der Waals surface area contributed by atoms with Crippen molar-refractivity contribution in [3.8, 4) is 11.5 Å². The molecule has 14 heteroatoms. The summed E-state index contributed by atoms with van der Waals surface area (Å²) in [4.78, 5) is 25.3. The molecule has 0 heterocycles. The Morgan fingerprint density at radius 2 is 0.821 bits per heavy atom. The first kappa shape index (κ1) is 37.4. The van der Waals surface area contributed by atoms with Crippen molar-refractivity contribution in [2.75, 3.05) is 10.6 Å². The molecule has 4 N–H and O–H groups in total. The van der Waals surface area contributed by atoms with Gasteiger partial charge < -0.3 is 29.6 Å². The minimum absolute atomic E-state index is 0.0322. The van der Waals surface area contributed by atoms with Gasteiger partial charge in [0.05, 0.1) is 0 Å². The van der Waals surface area contributed by atoms with Gasteiger partial charge in [0.15, 0.2) is 0 Å². The highest BCUT2D eigenvalue weighted by Crippen LogP contribution is 2.26. The lowest BCUT2D eigenvalue weighted by Crippen LogP contribution is -2.29. The lowest BCUT2D eigenvalue weighted by atomic mass is 10.1. The average Bonchev–Trinajstić information content (AvgIpc) is 3.20. The molecule has 12 nitrogen and oxygen atoms in total. The van der Waals surface area contributed by atoms with E-state index in [-0.39, 0.29) is 34.4 Å². The molecule has 0 fully saturated rings. The van der Waals surface area contributed by atoms with Crippen molar-refractivity contribution >= 4 is 65.2 Å². The first-order chi connectivity index (χ1) is 27.0. The van der Waals surface area contributed by atoms with E-state index in [1.165, 1.54) is 60.7 Å². The van der Waals surface area contributed by atoms with E-state index in [4.69, 9.17) is 8.37 Å². The molecule has 0 saturated carbocycles. The lowest BCUT2D eigenvalue weighted by Gasteiger charge is -2.11. The quantitative estimate of drug-likeness (QED) is 0.0900. The normalized spacial score (nSPS) is 11.4. The van der Waals surface area contributed by atoms with Crippen LogP contribution in [0.15, 0.2) is 168 Å². The van der Waals surface area contributed by atoms with Gasteiger partial charge in [0.25, 0.3) is 0 Å². The molecule has 7 aromatic rings. The highest BCUT2D eigenvalue weighted by atomic mass is 32.2. The van der Waals surface area contributed by atoms with Crippen molar-refractivity contribution in [3.63, 3.8) is 0 Å². The molecule has 0 aliphatic rings. The van der Waals surface area contributed by atoms with Gasteiger partial charge in [-0.2, -0.15) is 16.8 Å². The molecule has 0 saturated heterocycles. The molecule has 7 aromatic carbocycles. The maximum atomic E-state index is 12.9. The van der Waals surface area contributed by atoms with Crippen LogP contribution in [0, 0.1) is 0 Å². The predicted molar refractivity (Wildman–Crippen MR) is 215 cm³/mol. The zero-order valence-corrected chi connectivity index (χ0v) is 31.1.